The van der Waals surface area contributed by atoms with E-state index in [1.54, 1.807) is 0 Å². The number of anilines is 1. The van der Waals surface area contributed by atoms with Crippen LogP contribution in [0.15, 0.2) is 58.0 Å². The number of fused-ring (bicyclic) bond motifs is 1. The molecule has 26 heavy (non-hydrogen) atoms. The number of aliphatic carboxylic acids is 1. The van der Waals surface area contributed by atoms with Gasteiger partial charge in [-0.3, -0.25) is 19.9 Å². The van der Waals surface area contributed by atoms with E-state index in [9.17, 15) is 9.59 Å². The van der Waals surface area contributed by atoms with Crippen LogP contribution in [0.5, 0.6) is 0 Å². The van der Waals surface area contributed by atoms with Crippen molar-refractivity contribution in [3.8, 4) is 0 Å². The Morgan fingerprint density at radius 2 is 2.00 bits per heavy atom. The largest absolute Gasteiger partial charge is 0.481 e. The van der Waals surface area contributed by atoms with Gasteiger partial charge in [0.05, 0.1) is 11.4 Å². The summed E-state index contributed by atoms with van der Waals surface area (Å²) in [5.74, 6) is -1.13. The number of hydrogen-bond donors (Lipinski definition) is 3. The lowest BCUT2D eigenvalue weighted by Crippen LogP contribution is -2.39. The predicted octanol–water partition coefficient (Wildman–Crippen LogP) is 3.02. The fourth-order valence-corrected chi connectivity index (χ4v) is 3.08. The number of nitrogens with zero attached hydrogens (tertiary/aromatic N) is 1. The van der Waals surface area contributed by atoms with Gasteiger partial charge in [-0.1, -0.05) is 46.3 Å². The Balaban J connectivity index is 1.94. The van der Waals surface area contributed by atoms with Gasteiger partial charge in [-0.15, -0.1) is 0 Å². The van der Waals surface area contributed by atoms with Crippen LogP contribution in [0, 0.1) is 0 Å². The van der Waals surface area contributed by atoms with Crippen molar-refractivity contribution in [2.24, 2.45) is 4.99 Å². The van der Waals surface area contributed by atoms with E-state index in [0.29, 0.717) is 24.4 Å². The minimum absolute atomic E-state index is 0.0454. The maximum Gasteiger partial charge on any atom is 0.303 e. The van der Waals surface area contributed by atoms with Crippen LogP contribution in [0.3, 0.4) is 0 Å². The van der Waals surface area contributed by atoms with E-state index in [0.717, 1.165) is 15.6 Å². The lowest BCUT2D eigenvalue weighted by Gasteiger charge is -2.12. The van der Waals surface area contributed by atoms with E-state index >= 15 is 0 Å². The molecule has 1 unspecified atom stereocenters. The van der Waals surface area contributed by atoms with Crippen LogP contribution < -0.4 is 10.6 Å². The van der Waals surface area contributed by atoms with Crippen molar-refractivity contribution >= 4 is 39.2 Å². The van der Waals surface area contributed by atoms with Gasteiger partial charge in [0, 0.05) is 22.0 Å². The highest BCUT2D eigenvalue weighted by molar-refractivity contribution is 9.10. The van der Waals surface area contributed by atoms with Gasteiger partial charge in [-0.2, -0.15) is 0 Å². The highest BCUT2D eigenvalue weighted by atomic mass is 79.9. The maximum absolute atomic E-state index is 12.6. The Bertz CT molecular complexity index is 852. The molecular formula is C19H18BrN3O3. The molecule has 1 atom stereocenters. The van der Waals surface area contributed by atoms with Crippen molar-refractivity contribution in [3.05, 3.63) is 64.1 Å². The SMILES string of the molecule is O=C(O)CCCNC1N=C(c2ccccc2)c2cc(Br)ccc2NC1=O. The minimum Gasteiger partial charge on any atom is -0.481 e. The number of nitrogens with one attached hydrogen (secondary N) is 2. The molecular weight excluding hydrogens is 398 g/mol. The molecule has 1 heterocycles. The Hall–Kier alpha value is -2.51. The fourth-order valence-electron chi connectivity index (χ4n) is 2.72. The fraction of sp³-hybridized carbons (Fsp3) is 0.211. The number of hydrogen-bond acceptors (Lipinski definition) is 4. The lowest BCUT2D eigenvalue weighted by atomic mass is 10.0. The van der Waals surface area contributed by atoms with Crippen LogP contribution in [0.1, 0.15) is 24.0 Å². The number of aliphatic imine (C=N–C) groups is 1. The first-order valence-electron chi connectivity index (χ1n) is 8.24. The molecule has 134 valence electrons. The van der Waals surface area contributed by atoms with Crippen molar-refractivity contribution in [2.45, 2.75) is 19.0 Å². The summed E-state index contributed by atoms with van der Waals surface area (Å²) in [6.45, 7) is 0.385. The van der Waals surface area contributed by atoms with Crippen LogP contribution in [0.25, 0.3) is 0 Å². The molecule has 7 heteroatoms. The molecule has 1 aliphatic heterocycles. The number of carbonyl (C=O) groups is 2. The zero-order valence-corrected chi connectivity index (χ0v) is 15.5. The molecule has 0 aromatic heterocycles. The van der Waals surface area contributed by atoms with Crippen LogP contribution in [-0.4, -0.2) is 35.4 Å². The number of carboxylic acids is 1. The quantitative estimate of drug-likeness (QED) is 0.632. The summed E-state index contributed by atoms with van der Waals surface area (Å²) in [7, 11) is 0. The van der Waals surface area contributed by atoms with Crippen molar-refractivity contribution in [3.63, 3.8) is 0 Å². The zero-order valence-electron chi connectivity index (χ0n) is 13.9. The van der Waals surface area contributed by atoms with Gasteiger partial charge in [0.2, 0.25) is 0 Å². The maximum atomic E-state index is 12.6. The molecule has 0 fully saturated rings. The van der Waals surface area contributed by atoms with Crippen LogP contribution in [0.2, 0.25) is 0 Å². The molecule has 0 saturated carbocycles. The number of halogens is 1. The molecule has 2 aromatic rings. The van der Waals surface area contributed by atoms with Crippen molar-refractivity contribution in [2.75, 3.05) is 11.9 Å². The second-order valence-corrected chi connectivity index (χ2v) is 6.79. The number of carboxylic acid groups (broad SMARTS) is 1. The van der Waals surface area contributed by atoms with Crippen molar-refractivity contribution < 1.29 is 14.7 Å². The molecule has 1 amide bonds. The number of amides is 1. The van der Waals surface area contributed by atoms with Gasteiger partial charge in [-0.25, -0.2) is 0 Å². The topological polar surface area (TPSA) is 90.8 Å². The van der Waals surface area contributed by atoms with E-state index in [1.165, 1.54) is 0 Å². The third kappa shape index (κ3) is 4.36. The predicted molar refractivity (Wildman–Crippen MR) is 104 cm³/mol. The third-order valence-electron chi connectivity index (χ3n) is 3.95. The van der Waals surface area contributed by atoms with Gasteiger partial charge in [0.15, 0.2) is 6.17 Å². The van der Waals surface area contributed by atoms with Crippen molar-refractivity contribution in [1.82, 2.24) is 5.32 Å². The highest BCUT2D eigenvalue weighted by Crippen LogP contribution is 2.27. The van der Waals surface area contributed by atoms with Gasteiger partial charge in [0.1, 0.15) is 0 Å². The van der Waals surface area contributed by atoms with E-state index in [-0.39, 0.29) is 12.3 Å². The summed E-state index contributed by atoms with van der Waals surface area (Å²) in [5, 5.41) is 14.7. The van der Waals surface area contributed by atoms with E-state index in [1.807, 2.05) is 48.5 Å². The number of rotatable bonds is 6. The van der Waals surface area contributed by atoms with Crippen molar-refractivity contribution in [1.29, 1.82) is 0 Å². The highest BCUT2D eigenvalue weighted by Gasteiger charge is 2.25. The van der Waals surface area contributed by atoms with Gasteiger partial charge < -0.3 is 10.4 Å². The molecule has 6 nitrogen and oxygen atoms in total. The Morgan fingerprint density at radius 1 is 1.23 bits per heavy atom. The molecule has 0 aliphatic carbocycles. The van der Waals surface area contributed by atoms with Gasteiger partial charge in [0.25, 0.3) is 5.91 Å². The molecule has 0 radical (unpaired) electrons. The first-order chi connectivity index (χ1) is 12.5. The molecule has 3 N–H and O–H groups in total. The molecule has 0 saturated heterocycles. The molecule has 0 spiro atoms. The number of benzodiazepines with no additional fused rings is 1. The summed E-state index contributed by atoms with van der Waals surface area (Å²) in [5.41, 5.74) is 3.13. The minimum atomic E-state index is -0.858. The summed E-state index contributed by atoms with van der Waals surface area (Å²) in [6, 6.07) is 15.3. The molecule has 1 aliphatic rings. The smallest absolute Gasteiger partial charge is 0.303 e. The van der Waals surface area contributed by atoms with E-state index in [2.05, 4.69) is 31.6 Å². The monoisotopic (exact) mass is 415 g/mol. The van der Waals surface area contributed by atoms with Gasteiger partial charge >= 0.3 is 5.97 Å². The van der Waals surface area contributed by atoms with E-state index < -0.39 is 12.1 Å². The van der Waals surface area contributed by atoms with Crippen LogP contribution in [0.4, 0.5) is 5.69 Å². The second-order valence-electron chi connectivity index (χ2n) is 5.88. The Morgan fingerprint density at radius 3 is 2.73 bits per heavy atom. The molecule has 3 rings (SSSR count). The average Bonchev–Trinajstić information content (AvgIpc) is 2.76. The summed E-state index contributed by atoms with van der Waals surface area (Å²) in [6.07, 6.45) is -0.317. The Kier molecular flexibility index (Phi) is 5.80. The van der Waals surface area contributed by atoms with Crippen LogP contribution >= 0.6 is 15.9 Å². The standard InChI is InChI=1S/C19H18BrN3O3/c20-13-8-9-15-14(11-13)17(12-5-2-1-3-6-12)23-18(19(26)22-15)21-10-4-7-16(24)25/h1-3,5-6,8-9,11,18,21H,4,7,10H2,(H,22,26)(H,24,25). The summed E-state index contributed by atoms with van der Waals surface area (Å²) in [4.78, 5) is 27.9. The summed E-state index contributed by atoms with van der Waals surface area (Å²) < 4.78 is 0.891. The Labute approximate surface area is 159 Å². The normalized spacial score (nSPS) is 16.3. The molecule has 0 bridgehead atoms. The summed E-state index contributed by atoms with van der Waals surface area (Å²) >= 11 is 3.47. The van der Waals surface area contributed by atoms with Gasteiger partial charge in [-0.05, 0) is 31.2 Å². The lowest BCUT2D eigenvalue weighted by molar-refractivity contribution is -0.137. The first kappa shape index (κ1) is 18.3. The van der Waals surface area contributed by atoms with E-state index in [4.69, 9.17) is 5.11 Å². The third-order valence-corrected chi connectivity index (χ3v) is 4.45. The second kappa shape index (κ2) is 8.25. The number of carbonyl (C=O) groups excluding carboxylic acids is 1. The molecule has 2 aromatic carbocycles. The van der Waals surface area contributed by atoms with Crippen LogP contribution in [-0.2, 0) is 9.59 Å². The first-order valence-corrected chi connectivity index (χ1v) is 9.03. The average molecular weight is 416 g/mol. The number of benzene rings is 2. The zero-order chi connectivity index (χ0) is 18.5.